The summed E-state index contributed by atoms with van der Waals surface area (Å²) in [6.07, 6.45) is 0. The fourth-order valence-corrected chi connectivity index (χ4v) is 2.18. The number of hydrogen-bond donors (Lipinski definition) is 0. The maximum atomic E-state index is 8.07. The zero-order valence-electron chi connectivity index (χ0n) is 17.4. The standard InChI is InChI=1S/C18H22ClNO.ClH/c1-16(15-21-18-10-6-3-7-11-18)20(13-12-19)14-17-8-4-2-5-9-17;/h2-11,16H,12-15H2,1H3;1H/i2D,4D,5D,8D,9D;. The lowest BCUT2D eigenvalue weighted by Crippen LogP contribution is -2.38. The SMILES string of the molecule is Cl.[2H]c1c([2H])c([2H])c(CN(CCCl)C(C)COc2ccccc2)c([2H])c1[2H]. The second-order valence-electron chi connectivity index (χ2n) is 4.74. The molecule has 22 heavy (non-hydrogen) atoms. The highest BCUT2D eigenvalue weighted by Crippen LogP contribution is 2.12. The Morgan fingerprint density at radius 3 is 2.50 bits per heavy atom. The van der Waals surface area contributed by atoms with E-state index in [1.807, 2.05) is 42.2 Å². The van der Waals surface area contributed by atoms with Crippen LogP contribution in [0.2, 0.25) is 0 Å². The van der Waals surface area contributed by atoms with E-state index in [0.29, 0.717) is 19.0 Å². The normalized spacial score (nSPS) is 15.0. The topological polar surface area (TPSA) is 12.5 Å². The second kappa shape index (κ2) is 10.5. The summed E-state index contributed by atoms with van der Waals surface area (Å²) in [6.45, 7) is 3.09. The molecule has 0 spiro atoms. The number of halogens is 2. The Kier molecular flexibility index (Phi) is 5.84. The van der Waals surface area contributed by atoms with Gasteiger partial charge in [-0.25, -0.2) is 0 Å². The maximum absolute atomic E-state index is 8.07. The minimum absolute atomic E-state index is 0. The van der Waals surface area contributed by atoms with Crippen molar-refractivity contribution in [3.8, 4) is 5.75 Å². The van der Waals surface area contributed by atoms with E-state index in [9.17, 15) is 0 Å². The molecular weight excluding hydrogens is 317 g/mol. The van der Waals surface area contributed by atoms with Gasteiger partial charge in [-0.15, -0.1) is 24.0 Å². The molecule has 0 radical (unpaired) electrons. The first-order valence-corrected chi connectivity index (χ1v) is 7.44. The van der Waals surface area contributed by atoms with E-state index in [1.54, 1.807) is 0 Å². The molecule has 0 N–H and O–H groups in total. The Bertz CT molecular complexity index is 719. The van der Waals surface area contributed by atoms with Crippen molar-refractivity contribution in [1.29, 1.82) is 0 Å². The molecule has 2 aromatic rings. The summed E-state index contributed by atoms with van der Waals surface area (Å²) in [5.74, 6) is 1.13. The molecule has 0 amide bonds. The van der Waals surface area contributed by atoms with Gasteiger partial charge in [0.05, 0.1) is 6.85 Å². The van der Waals surface area contributed by atoms with E-state index < -0.39 is 0 Å². The Labute approximate surface area is 151 Å². The van der Waals surface area contributed by atoms with Gasteiger partial charge in [0, 0.05) is 25.0 Å². The van der Waals surface area contributed by atoms with Crippen LogP contribution < -0.4 is 4.74 Å². The van der Waals surface area contributed by atoms with Crippen molar-refractivity contribution < 1.29 is 11.6 Å². The van der Waals surface area contributed by atoms with Gasteiger partial charge in [-0.2, -0.15) is 0 Å². The van der Waals surface area contributed by atoms with Crippen LogP contribution in [0.15, 0.2) is 60.5 Å². The zero-order valence-corrected chi connectivity index (χ0v) is 14.0. The lowest BCUT2D eigenvalue weighted by atomic mass is 10.2. The van der Waals surface area contributed by atoms with Crippen molar-refractivity contribution in [2.45, 2.75) is 19.5 Å². The van der Waals surface area contributed by atoms with E-state index in [0.717, 1.165) is 5.75 Å². The Hall–Kier alpha value is -1.22. The Morgan fingerprint density at radius 2 is 1.86 bits per heavy atom. The van der Waals surface area contributed by atoms with Crippen LogP contribution in [0, 0.1) is 0 Å². The molecule has 1 unspecified atom stereocenters. The summed E-state index contributed by atoms with van der Waals surface area (Å²) in [7, 11) is 0. The van der Waals surface area contributed by atoms with E-state index in [2.05, 4.69) is 0 Å². The van der Waals surface area contributed by atoms with Crippen molar-refractivity contribution in [3.05, 3.63) is 66.1 Å². The van der Waals surface area contributed by atoms with Crippen LogP contribution in [-0.4, -0.2) is 30.0 Å². The molecule has 0 aromatic heterocycles. The number of alkyl halides is 1. The summed E-state index contributed by atoms with van der Waals surface area (Å²) >= 11 is 5.91. The second-order valence-corrected chi connectivity index (χ2v) is 5.11. The van der Waals surface area contributed by atoms with Crippen LogP contribution in [0.4, 0.5) is 0 Å². The summed E-state index contributed by atoms with van der Waals surface area (Å²) < 4.78 is 45.2. The van der Waals surface area contributed by atoms with E-state index in [4.69, 9.17) is 23.2 Å². The molecule has 4 heteroatoms. The fourth-order valence-electron chi connectivity index (χ4n) is 1.96. The lowest BCUT2D eigenvalue weighted by molar-refractivity contribution is 0.146. The fraction of sp³-hybridized carbons (Fsp3) is 0.333. The summed E-state index contributed by atoms with van der Waals surface area (Å²) in [5.41, 5.74) is 0.271. The first kappa shape index (κ1) is 12.2. The van der Waals surface area contributed by atoms with Crippen LogP contribution in [-0.2, 0) is 6.54 Å². The van der Waals surface area contributed by atoms with E-state index >= 15 is 0 Å². The number of nitrogens with zero attached hydrogens (tertiary/aromatic N) is 1. The van der Waals surface area contributed by atoms with Gasteiger partial charge in [0.25, 0.3) is 0 Å². The molecule has 0 aliphatic heterocycles. The highest BCUT2D eigenvalue weighted by Gasteiger charge is 2.14. The van der Waals surface area contributed by atoms with Gasteiger partial charge in [-0.1, -0.05) is 48.4 Å². The van der Waals surface area contributed by atoms with Crippen LogP contribution in [0.5, 0.6) is 5.75 Å². The van der Waals surface area contributed by atoms with Gasteiger partial charge in [0.1, 0.15) is 12.4 Å². The van der Waals surface area contributed by atoms with Crippen LogP contribution in [0.25, 0.3) is 0 Å². The highest BCUT2D eigenvalue weighted by molar-refractivity contribution is 6.18. The Balaban J connectivity index is 0.00000364. The quantitative estimate of drug-likeness (QED) is 0.648. The third-order valence-electron chi connectivity index (χ3n) is 3.14. The van der Waals surface area contributed by atoms with Crippen molar-refractivity contribution in [2.24, 2.45) is 0 Å². The summed E-state index contributed by atoms with van der Waals surface area (Å²) in [4.78, 5) is 1.96. The van der Waals surface area contributed by atoms with Crippen molar-refractivity contribution >= 4 is 24.0 Å². The summed E-state index contributed by atoms with van der Waals surface area (Å²) in [6, 6.07) is 8.02. The van der Waals surface area contributed by atoms with E-state index in [1.165, 1.54) is 0 Å². The first-order valence-electron chi connectivity index (χ1n) is 9.40. The summed E-state index contributed by atoms with van der Waals surface area (Å²) in [5, 5.41) is 0. The molecule has 1 atom stereocenters. The smallest absolute Gasteiger partial charge is 0.119 e. The predicted molar refractivity (Wildman–Crippen MR) is 96.2 cm³/mol. The maximum Gasteiger partial charge on any atom is 0.119 e. The number of rotatable bonds is 8. The Morgan fingerprint density at radius 1 is 1.18 bits per heavy atom. The molecular formula is C18H23Cl2NO. The van der Waals surface area contributed by atoms with Gasteiger partial charge >= 0.3 is 0 Å². The number of benzene rings is 2. The van der Waals surface area contributed by atoms with Gasteiger partial charge in [-0.05, 0) is 24.6 Å². The number of hydrogen-bond acceptors (Lipinski definition) is 2. The third-order valence-corrected chi connectivity index (χ3v) is 3.31. The number of para-hydroxylation sites is 1. The van der Waals surface area contributed by atoms with Crippen molar-refractivity contribution in [1.82, 2.24) is 4.90 Å². The molecule has 0 aliphatic carbocycles. The average Bonchev–Trinajstić information content (AvgIpc) is 2.66. The monoisotopic (exact) mass is 344 g/mol. The van der Waals surface area contributed by atoms with Gasteiger partial charge in [0.15, 0.2) is 0 Å². The predicted octanol–water partition coefficient (Wildman–Crippen LogP) is 4.62. The highest BCUT2D eigenvalue weighted by atomic mass is 35.5. The van der Waals surface area contributed by atoms with Crippen molar-refractivity contribution in [2.75, 3.05) is 19.0 Å². The molecule has 0 bridgehead atoms. The molecule has 120 valence electrons. The van der Waals surface area contributed by atoms with Crippen LogP contribution in [0.3, 0.4) is 0 Å². The number of ether oxygens (including phenoxy) is 1. The molecule has 0 fully saturated rings. The van der Waals surface area contributed by atoms with Crippen LogP contribution in [0.1, 0.15) is 19.3 Å². The zero-order chi connectivity index (χ0) is 19.3. The third kappa shape index (κ3) is 6.27. The van der Waals surface area contributed by atoms with Gasteiger partial charge in [-0.3, -0.25) is 4.90 Å². The average molecular weight is 345 g/mol. The minimum atomic E-state index is -0.381. The van der Waals surface area contributed by atoms with Crippen LogP contribution >= 0.6 is 24.0 Å². The molecule has 0 saturated carbocycles. The van der Waals surface area contributed by atoms with Gasteiger partial charge in [0.2, 0.25) is 0 Å². The molecule has 2 nitrogen and oxygen atoms in total. The molecule has 0 aliphatic rings. The minimum Gasteiger partial charge on any atom is -0.492 e. The van der Waals surface area contributed by atoms with Gasteiger partial charge < -0.3 is 4.74 Å². The van der Waals surface area contributed by atoms with Crippen molar-refractivity contribution in [3.63, 3.8) is 0 Å². The first-order chi connectivity index (χ1) is 12.4. The molecule has 2 rings (SSSR count). The van der Waals surface area contributed by atoms with E-state index in [-0.39, 0.29) is 60.8 Å². The molecule has 0 saturated heterocycles. The molecule has 2 aromatic carbocycles. The largest absolute Gasteiger partial charge is 0.492 e. The molecule has 0 heterocycles. The lowest BCUT2D eigenvalue weighted by Gasteiger charge is -2.28.